The minimum atomic E-state index is -3.61. The van der Waals surface area contributed by atoms with Gasteiger partial charge in [0.1, 0.15) is 11.1 Å². The van der Waals surface area contributed by atoms with E-state index in [-0.39, 0.29) is 0 Å². The molecule has 0 saturated heterocycles. The lowest BCUT2D eigenvalue weighted by molar-refractivity contribution is 0.589. The van der Waals surface area contributed by atoms with E-state index in [9.17, 15) is 8.42 Å². The second kappa shape index (κ2) is 4.85. The first-order chi connectivity index (χ1) is 5.87. The minimum Gasteiger partial charge on any atom is -0.222 e. The first kappa shape index (κ1) is 12.8. The molecule has 1 unspecified atom stereocenters. The molecule has 0 spiro atoms. The highest BCUT2D eigenvalue weighted by Gasteiger charge is 2.25. The molecule has 0 aromatic heterocycles. The molecule has 0 heterocycles. The minimum absolute atomic E-state index is 0.425. The maximum atomic E-state index is 11.4. The Morgan fingerprint density at radius 1 is 1.54 bits per heavy atom. The highest BCUT2D eigenvalue weighted by molar-refractivity contribution is 7.97. The average molecular weight is 242 g/mol. The molecule has 0 saturated carbocycles. The number of nitriles is 1. The fourth-order valence-corrected chi connectivity index (χ4v) is 2.47. The van der Waals surface area contributed by atoms with Crippen LogP contribution in [0, 0.1) is 11.3 Å². The molecule has 13 heavy (non-hydrogen) atoms. The van der Waals surface area contributed by atoms with Gasteiger partial charge in [0.15, 0.2) is 14.2 Å². The molecule has 0 fully saturated rings. The molecule has 1 atom stereocenters. The number of rotatable bonds is 3. The van der Waals surface area contributed by atoms with Crippen LogP contribution < -0.4 is 0 Å². The Bertz CT molecular complexity index is 353. The molecule has 0 amide bonds. The van der Waals surface area contributed by atoms with Crippen LogP contribution >= 0.6 is 23.2 Å². The first-order valence-electron chi connectivity index (χ1n) is 3.57. The Balaban J connectivity index is 5.23. The topological polar surface area (TPSA) is 57.9 Å². The lowest BCUT2D eigenvalue weighted by atomic mass is 10.4. The smallest absolute Gasteiger partial charge is 0.193 e. The molecule has 0 rings (SSSR count). The van der Waals surface area contributed by atoms with Gasteiger partial charge in [0.05, 0.1) is 5.25 Å². The van der Waals surface area contributed by atoms with E-state index >= 15 is 0 Å². The van der Waals surface area contributed by atoms with Crippen LogP contribution in [0.4, 0.5) is 0 Å². The number of nitrogens with zero attached hydrogens (tertiary/aromatic N) is 1. The van der Waals surface area contributed by atoms with Gasteiger partial charge in [-0.3, -0.25) is 0 Å². The summed E-state index contributed by atoms with van der Waals surface area (Å²) in [7, 11) is -3.61. The van der Waals surface area contributed by atoms with E-state index in [0.29, 0.717) is 6.42 Å². The number of sulfone groups is 1. The van der Waals surface area contributed by atoms with Crippen LogP contribution in [-0.2, 0) is 9.84 Å². The van der Waals surface area contributed by atoms with Gasteiger partial charge in [-0.05, 0) is 13.3 Å². The fourth-order valence-electron chi connectivity index (χ4n) is 0.565. The molecule has 0 aromatic rings. The zero-order valence-corrected chi connectivity index (χ0v) is 9.54. The van der Waals surface area contributed by atoms with Gasteiger partial charge in [0, 0.05) is 0 Å². The Kier molecular flexibility index (Phi) is 4.76. The van der Waals surface area contributed by atoms with E-state index in [0.717, 1.165) is 0 Å². The van der Waals surface area contributed by atoms with Crippen LogP contribution in [0.15, 0.2) is 9.40 Å². The van der Waals surface area contributed by atoms with Crippen molar-refractivity contribution in [2.75, 3.05) is 0 Å². The Morgan fingerprint density at radius 2 is 2.00 bits per heavy atom. The van der Waals surface area contributed by atoms with E-state index in [1.54, 1.807) is 6.92 Å². The Labute approximate surface area is 87.9 Å². The second-order valence-corrected chi connectivity index (χ2v) is 5.75. The third kappa shape index (κ3) is 2.87. The van der Waals surface area contributed by atoms with Crippen molar-refractivity contribution in [1.29, 1.82) is 5.26 Å². The number of hydrogen-bond donors (Lipinski definition) is 0. The van der Waals surface area contributed by atoms with Crippen molar-refractivity contribution >= 4 is 33.0 Å². The summed E-state index contributed by atoms with van der Waals surface area (Å²) < 4.78 is 22.3. The molecule has 3 nitrogen and oxygen atoms in total. The number of allylic oxidation sites excluding steroid dienone is 1. The van der Waals surface area contributed by atoms with E-state index in [2.05, 4.69) is 0 Å². The SMILES string of the molecule is CCC(C)S(=O)(=O)/C(Cl)=C(/Cl)C#N. The number of halogens is 2. The summed E-state index contributed by atoms with van der Waals surface area (Å²) in [6.07, 6.45) is 0.425. The van der Waals surface area contributed by atoms with Crippen LogP contribution in [0.2, 0.25) is 0 Å². The molecule has 0 aromatic carbocycles. The lowest BCUT2D eigenvalue weighted by Crippen LogP contribution is -2.16. The van der Waals surface area contributed by atoms with Gasteiger partial charge in [-0.2, -0.15) is 5.26 Å². The standard InChI is InChI=1S/C7H9Cl2NO2S/c1-3-5(2)13(11,12)7(9)6(8)4-10/h5H,3H2,1-2H3/b7-6+. The van der Waals surface area contributed by atoms with E-state index in [1.807, 2.05) is 0 Å². The molecule has 6 heteroatoms. The van der Waals surface area contributed by atoms with Gasteiger partial charge in [0.25, 0.3) is 0 Å². The molecule has 0 aliphatic heterocycles. The van der Waals surface area contributed by atoms with Crippen molar-refractivity contribution < 1.29 is 8.42 Å². The van der Waals surface area contributed by atoms with E-state index in [4.69, 9.17) is 28.5 Å². The van der Waals surface area contributed by atoms with Crippen molar-refractivity contribution in [3.05, 3.63) is 9.40 Å². The summed E-state index contributed by atoms with van der Waals surface area (Å²) in [4.78, 5) is 0. The zero-order chi connectivity index (χ0) is 10.6. The Morgan fingerprint density at radius 3 is 2.31 bits per heavy atom. The van der Waals surface area contributed by atoms with Gasteiger partial charge >= 0.3 is 0 Å². The zero-order valence-electron chi connectivity index (χ0n) is 7.21. The molecule has 0 aliphatic rings. The molecular formula is C7H9Cl2NO2S. The molecule has 74 valence electrons. The fraction of sp³-hybridized carbons (Fsp3) is 0.571. The summed E-state index contributed by atoms with van der Waals surface area (Å²) in [6.45, 7) is 3.23. The van der Waals surface area contributed by atoms with Gasteiger partial charge in [-0.15, -0.1) is 0 Å². The van der Waals surface area contributed by atoms with Gasteiger partial charge in [-0.25, -0.2) is 8.42 Å². The first-order valence-corrected chi connectivity index (χ1v) is 5.87. The maximum absolute atomic E-state index is 11.4. The maximum Gasteiger partial charge on any atom is 0.193 e. The summed E-state index contributed by atoms with van der Waals surface area (Å²) >= 11 is 10.7. The van der Waals surface area contributed by atoms with Crippen molar-refractivity contribution in [3.63, 3.8) is 0 Å². The molecule has 0 radical (unpaired) electrons. The molecule has 0 aliphatic carbocycles. The van der Waals surface area contributed by atoms with Crippen LogP contribution in [0.1, 0.15) is 20.3 Å². The predicted molar refractivity (Wildman–Crippen MR) is 53.0 cm³/mol. The van der Waals surface area contributed by atoms with Crippen LogP contribution in [-0.4, -0.2) is 13.7 Å². The van der Waals surface area contributed by atoms with Crippen molar-refractivity contribution in [2.45, 2.75) is 25.5 Å². The van der Waals surface area contributed by atoms with Gasteiger partial charge in [-0.1, -0.05) is 30.1 Å². The monoisotopic (exact) mass is 241 g/mol. The second-order valence-electron chi connectivity index (χ2n) is 2.46. The third-order valence-electron chi connectivity index (χ3n) is 1.63. The summed E-state index contributed by atoms with van der Waals surface area (Å²) in [5.41, 5.74) is 0. The third-order valence-corrected chi connectivity index (χ3v) is 5.04. The van der Waals surface area contributed by atoms with Gasteiger partial charge in [0.2, 0.25) is 0 Å². The Hall–Kier alpha value is -0.240. The van der Waals surface area contributed by atoms with Crippen molar-refractivity contribution in [3.8, 4) is 6.07 Å². The molecular weight excluding hydrogens is 233 g/mol. The highest BCUT2D eigenvalue weighted by atomic mass is 35.5. The largest absolute Gasteiger partial charge is 0.222 e. The van der Waals surface area contributed by atoms with E-state index < -0.39 is 24.5 Å². The van der Waals surface area contributed by atoms with Crippen LogP contribution in [0.25, 0.3) is 0 Å². The van der Waals surface area contributed by atoms with Crippen molar-refractivity contribution in [1.82, 2.24) is 0 Å². The average Bonchev–Trinajstić information content (AvgIpc) is 2.13. The van der Waals surface area contributed by atoms with E-state index in [1.165, 1.54) is 13.0 Å². The summed E-state index contributed by atoms with van der Waals surface area (Å²) in [5.74, 6) is 0. The highest BCUT2D eigenvalue weighted by Crippen LogP contribution is 2.24. The molecule has 0 bridgehead atoms. The van der Waals surface area contributed by atoms with Gasteiger partial charge < -0.3 is 0 Å². The van der Waals surface area contributed by atoms with Crippen LogP contribution in [0.5, 0.6) is 0 Å². The predicted octanol–water partition coefficient (Wildman–Crippen LogP) is 2.37. The van der Waals surface area contributed by atoms with Crippen LogP contribution in [0.3, 0.4) is 0 Å². The quantitative estimate of drug-likeness (QED) is 0.714. The molecule has 0 N–H and O–H groups in total. The summed E-state index contributed by atoms with van der Waals surface area (Å²) in [5, 5.41) is 7.23. The van der Waals surface area contributed by atoms with Crippen molar-refractivity contribution in [2.24, 2.45) is 0 Å². The summed E-state index contributed by atoms with van der Waals surface area (Å²) in [6, 6.07) is 1.48. The lowest BCUT2D eigenvalue weighted by Gasteiger charge is -2.08. The number of hydrogen-bond acceptors (Lipinski definition) is 3. The normalized spacial score (nSPS) is 15.9.